The second-order valence-electron chi connectivity index (χ2n) is 7.91. The molecule has 1 aromatic rings. The van der Waals surface area contributed by atoms with E-state index in [4.69, 9.17) is 0 Å². The number of alkyl halides is 1. The van der Waals surface area contributed by atoms with E-state index in [-0.39, 0.29) is 0 Å². The van der Waals surface area contributed by atoms with Crippen molar-refractivity contribution < 1.29 is 5.11 Å². The smallest absolute Gasteiger partial charge is 0.119 e. The highest BCUT2D eigenvalue weighted by Gasteiger charge is 2.15. The zero-order valence-corrected chi connectivity index (χ0v) is 17.2. The first kappa shape index (κ1) is 19.8. The molecule has 0 spiro atoms. The van der Waals surface area contributed by atoms with Crippen molar-refractivity contribution >= 4 is 22.6 Å². The third kappa shape index (κ3) is 7.85. The van der Waals surface area contributed by atoms with Crippen LogP contribution in [-0.2, 0) is 12.8 Å². The quantitative estimate of drug-likeness (QED) is 0.351. The minimum absolute atomic E-state index is 0.367. The van der Waals surface area contributed by atoms with Crippen LogP contribution in [0.4, 0.5) is 0 Å². The second kappa shape index (κ2) is 8.56. The van der Waals surface area contributed by atoms with Gasteiger partial charge in [-0.3, -0.25) is 0 Å². The lowest BCUT2D eigenvalue weighted by molar-refractivity contribution is 0.312. The monoisotopic (exact) mass is 416 g/mol. The van der Waals surface area contributed by atoms with Crippen LogP contribution < -0.4 is 0 Å². The Kier molecular flexibility index (Phi) is 7.70. The van der Waals surface area contributed by atoms with Crippen LogP contribution in [0.5, 0.6) is 5.75 Å². The van der Waals surface area contributed by atoms with Gasteiger partial charge in [-0.05, 0) is 61.1 Å². The molecule has 0 aliphatic rings. The fraction of sp³-hybridized carbons (Fsp3) is 0.700. The summed E-state index contributed by atoms with van der Waals surface area (Å²) in [6.45, 7) is 11.4. The number of aromatic hydroxyl groups is 1. The van der Waals surface area contributed by atoms with Crippen molar-refractivity contribution in [2.24, 2.45) is 5.41 Å². The third-order valence-electron chi connectivity index (χ3n) is 4.64. The van der Waals surface area contributed by atoms with Gasteiger partial charge >= 0.3 is 0 Å². The summed E-state index contributed by atoms with van der Waals surface area (Å²) < 4.78 is 0.367. The van der Waals surface area contributed by atoms with Crippen LogP contribution in [0.3, 0.4) is 0 Å². The van der Waals surface area contributed by atoms with E-state index < -0.39 is 0 Å². The SMILES string of the molecule is CCC(C)(C)CCCc1ccc(CCCC(C)(C)I)cc1O. The molecule has 0 unspecified atom stereocenters. The van der Waals surface area contributed by atoms with E-state index in [0.717, 1.165) is 24.8 Å². The Labute approximate surface area is 151 Å². The van der Waals surface area contributed by atoms with Crippen molar-refractivity contribution in [3.63, 3.8) is 0 Å². The van der Waals surface area contributed by atoms with E-state index in [1.165, 1.54) is 31.2 Å². The molecule has 0 bridgehead atoms. The number of phenolic OH excluding ortho intramolecular Hbond substituents is 1. The van der Waals surface area contributed by atoms with Crippen molar-refractivity contribution in [2.75, 3.05) is 0 Å². The van der Waals surface area contributed by atoms with E-state index in [9.17, 15) is 5.11 Å². The van der Waals surface area contributed by atoms with Gasteiger partial charge < -0.3 is 5.11 Å². The Bertz CT molecular complexity index is 457. The third-order valence-corrected chi connectivity index (χ3v) is 5.18. The van der Waals surface area contributed by atoms with Gasteiger partial charge in [0.2, 0.25) is 0 Å². The Morgan fingerprint density at radius 2 is 1.64 bits per heavy atom. The van der Waals surface area contributed by atoms with Crippen LogP contribution in [0, 0.1) is 5.41 Å². The molecular formula is C20H33IO. The van der Waals surface area contributed by atoms with Gasteiger partial charge in [0, 0.05) is 3.42 Å². The maximum atomic E-state index is 10.2. The molecular weight excluding hydrogens is 383 g/mol. The summed E-state index contributed by atoms with van der Waals surface area (Å²) in [7, 11) is 0. The van der Waals surface area contributed by atoms with Gasteiger partial charge in [0.25, 0.3) is 0 Å². The molecule has 126 valence electrons. The average Bonchev–Trinajstić information content (AvgIpc) is 2.39. The predicted octanol–water partition coefficient (Wildman–Crippen LogP) is 6.69. The Hall–Kier alpha value is -0.250. The molecule has 0 radical (unpaired) electrons. The normalized spacial score (nSPS) is 12.6. The van der Waals surface area contributed by atoms with Gasteiger partial charge in [0.1, 0.15) is 5.75 Å². The van der Waals surface area contributed by atoms with Gasteiger partial charge in [-0.2, -0.15) is 0 Å². The summed E-state index contributed by atoms with van der Waals surface area (Å²) in [6, 6.07) is 6.29. The van der Waals surface area contributed by atoms with E-state index in [2.05, 4.69) is 69.3 Å². The molecule has 0 heterocycles. The molecule has 1 aromatic carbocycles. The molecule has 0 amide bonds. The molecule has 0 atom stereocenters. The maximum absolute atomic E-state index is 10.2. The van der Waals surface area contributed by atoms with Crippen molar-refractivity contribution in [3.8, 4) is 5.75 Å². The van der Waals surface area contributed by atoms with Gasteiger partial charge in [-0.1, -0.05) is 75.8 Å². The summed E-state index contributed by atoms with van der Waals surface area (Å²) in [5.41, 5.74) is 2.78. The first-order valence-electron chi connectivity index (χ1n) is 8.63. The molecule has 0 aliphatic carbocycles. The topological polar surface area (TPSA) is 20.2 Å². The molecule has 0 aromatic heterocycles. The fourth-order valence-corrected chi connectivity index (χ4v) is 3.00. The molecule has 1 nitrogen and oxygen atoms in total. The number of halogens is 1. The van der Waals surface area contributed by atoms with E-state index in [0.29, 0.717) is 14.6 Å². The standard InChI is InChI=1S/C20H33IO/c1-6-19(2,3)13-8-10-17-12-11-16(15-18(17)22)9-7-14-20(4,5)21/h11-12,15,22H,6-10,13-14H2,1-5H3. The number of aryl methyl sites for hydroxylation is 2. The zero-order valence-electron chi connectivity index (χ0n) is 15.0. The Morgan fingerprint density at radius 3 is 2.18 bits per heavy atom. The van der Waals surface area contributed by atoms with Crippen LogP contribution in [0.1, 0.15) is 77.8 Å². The Balaban J connectivity index is 2.48. The number of rotatable bonds is 9. The molecule has 0 aliphatic heterocycles. The summed E-state index contributed by atoms with van der Waals surface area (Å²) in [6.07, 6.45) is 8.01. The van der Waals surface area contributed by atoms with Crippen molar-refractivity contribution in [2.45, 2.75) is 83.0 Å². The highest BCUT2D eigenvalue weighted by molar-refractivity contribution is 14.1. The fourth-order valence-electron chi connectivity index (χ4n) is 2.62. The second-order valence-corrected chi connectivity index (χ2v) is 10.8. The molecule has 2 heteroatoms. The molecule has 1 N–H and O–H groups in total. The molecule has 0 saturated carbocycles. The number of hydrogen-bond donors (Lipinski definition) is 1. The summed E-state index contributed by atoms with van der Waals surface area (Å²) in [5, 5.41) is 10.2. The number of hydrogen-bond acceptors (Lipinski definition) is 1. The maximum Gasteiger partial charge on any atom is 0.119 e. The van der Waals surface area contributed by atoms with Gasteiger partial charge in [0.15, 0.2) is 0 Å². The van der Waals surface area contributed by atoms with E-state index >= 15 is 0 Å². The molecule has 0 saturated heterocycles. The number of benzene rings is 1. The minimum Gasteiger partial charge on any atom is -0.508 e. The number of phenols is 1. The van der Waals surface area contributed by atoms with Gasteiger partial charge in [-0.15, -0.1) is 0 Å². The van der Waals surface area contributed by atoms with E-state index in [1.54, 1.807) is 0 Å². The summed E-state index contributed by atoms with van der Waals surface area (Å²) in [5.74, 6) is 0.487. The minimum atomic E-state index is 0.367. The van der Waals surface area contributed by atoms with Crippen LogP contribution >= 0.6 is 22.6 Å². The highest BCUT2D eigenvalue weighted by atomic mass is 127. The lowest BCUT2D eigenvalue weighted by Gasteiger charge is -2.22. The van der Waals surface area contributed by atoms with Crippen molar-refractivity contribution in [1.82, 2.24) is 0 Å². The average molecular weight is 416 g/mol. The van der Waals surface area contributed by atoms with Crippen molar-refractivity contribution in [1.29, 1.82) is 0 Å². The van der Waals surface area contributed by atoms with Gasteiger partial charge in [0.05, 0.1) is 0 Å². The van der Waals surface area contributed by atoms with E-state index in [1.807, 2.05) is 6.07 Å². The van der Waals surface area contributed by atoms with Crippen LogP contribution in [0.2, 0.25) is 0 Å². The zero-order chi connectivity index (χ0) is 16.8. The lowest BCUT2D eigenvalue weighted by Crippen LogP contribution is -2.09. The Morgan fingerprint density at radius 1 is 1.00 bits per heavy atom. The first-order valence-corrected chi connectivity index (χ1v) is 9.70. The largest absolute Gasteiger partial charge is 0.508 e. The molecule has 22 heavy (non-hydrogen) atoms. The molecule has 1 rings (SSSR count). The lowest BCUT2D eigenvalue weighted by atomic mass is 9.84. The summed E-state index contributed by atoms with van der Waals surface area (Å²) >= 11 is 2.51. The van der Waals surface area contributed by atoms with Crippen LogP contribution in [0.25, 0.3) is 0 Å². The van der Waals surface area contributed by atoms with Crippen LogP contribution in [-0.4, -0.2) is 8.53 Å². The predicted molar refractivity (Wildman–Crippen MR) is 106 cm³/mol. The molecule has 0 fully saturated rings. The van der Waals surface area contributed by atoms with Gasteiger partial charge in [-0.25, -0.2) is 0 Å². The summed E-state index contributed by atoms with van der Waals surface area (Å²) in [4.78, 5) is 0. The first-order chi connectivity index (χ1) is 10.1. The van der Waals surface area contributed by atoms with Crippen molar-refractivity contribution in [3.05, 3.63) is 29.3 Å². The highest BCUT2D eigenvalue weighted by Crippen LogP contribution is 2.29. The van der Waals surface area contributed by atoms with Crippen LogP contribution in [0.15, 0.2) is 18.2 Å².